The summed E-state index contributed by atoms with van der Waals surface area (Å²) in [6, 6.07) is 8.68. The largest absolute Gasteiger partial charge is 0.243 e. The highest BCUT2D eigenvalue weighted by molar-refractivity contribution is 7.89. The summed E-state index contributed by atoms with van der Waals surface area (Å²) in [5.41, 5.74) is 0. The highest BCUT2D eigenvalue weighted by Gasteiger charge is 2.28. The summed E-state index contributed by atoms with van der Waals surface area (Å²) in [5.74, 6) is 0.465. The quantitative estimate of drug-likeness (QED) is 0.792. The first-order valence-corrected chi connectivity index (χ1v) is 7.10. The van der Waals surface area contributed by atoms with Crippen LogP contribution in [0.15, 0.2) is 35.2 Å². The van der Waals surface area contributed by atoms with Gasteiger partial charge in [-0.3, -0.25) is 0 Å². The van der Waals surface area contributed by atoms with Crippen molar-refractivity contribution in [2.45, 2.75) is 24.7 Å². The fourth-order valence-electron chi connectivity index (χ4n) is 2.11. The first-order chi connectivity index (χ1) is 7.60. The van der Waals surface area contributed by atoms with Crippen LogP contribution < -0.4 is 0 Å². The molecule has 1 aliphatic rings. The Balaban J connectivity index is 2.26. The van der Waals surface area contributed by atoms with Gasteiger partial charge in [-0.15, -0.1) is 0 Å². The molecule has 1 saturated heterocycles. The smallest absolute Gasteiger partial charge is 0.207 e. The van der Waals surface area contributed by atoms with Crippen molar-refractivity contribution in [2.24, 2.45) is 5.92 Å². The Morgan fingerprint density at radius 3 is 2.56 bits per heavy atom. The molecule has 4 heteroatoms. The Labute approximate surface area is 97.1 Å². The van der Waals surface area contributed by atoms with Gasteiger partial charge in [0.25, 0.3) is 0 Å². The molecule has 2 rings (SSSR count). The van der Waals surface area contributed by atoms with Gasteiger partial charge >= 0.3 is 0 Å². The van der Waals surface area contributed by atoms with E-state index in [9.17, 15) is 8.42 Å². The van der Waals surface area contributed by atoms with E-state index in [1.165, 1.54) is 0 Å². The summed E-state index contributed by atoms with van der Waals surface area (Å²) in [7, 11) is -3.26. The number of hydrogen-bond acceptors (Lipinski definition) is 2. The maximum absolute atomic E-state index is 12.3. The highest BCUT2D eigenvalue weighted by Crippen LogP contribution is 2.22. The lowest BCUT2D eigenvalue weighted by molar-refractivity contribution is 0.281. The van der Waals surface area contributed by atoms with Crippen molar-refractivity contribution in [1.82, 2.24) is 4.31 Å². The van der Waals surface area contributed by atoms with Crippen molar-refractivity contribution in [3.8, 4) is 0 Å². The van der Waals surface area contributed by atoms with Gasteiger partial charge in [0.15, 0.2) is 0 Å². The Kier molecular flexibility index (Phi) is 3.30. The molecule has 1 aromatic carbocycles. The molecule has 0 aromatic heterocycles. The molecule has 0 radical (unpaired) electrons. The molecular formula is C12H17NO2S. The third-order valence-corrected chi connectivity index (χ3v) is 4.88. The lowest BCUT2D eigenvalue weighted by atomic mass is 10.0. The van der Waals surface area contributed by atoms with Gasteiger partial charge in [-0.05, 0) is 30.9 Å². The zero-order chi connectivity index (χ0) is 11.6. The summed E-state index contributed by atoms with van der Waals surface area (Å²) in [5, 5.41) is 0. The van der Waals surface area contributed by atoms with Crippen molar-refractivity contribution in [1.29, 1.82) is 0 Å². The second kappa shape index (κ2) is 4.55. The van der Waals surface area contributed by atoms with Crippen LogP contribution in [0, 0.1) is 5.92 Å². The lowest BCUT2D eigenvalue weighted by Gasteiger charge is -2.29. The maximum Gasteiger partial charge on any atom is 0.243 e. The predicted octanol–water partition coefficient (Wildman–Crippen LogP) is 2.11. The van der Waals surface area contributed by atoms with Gasteiger partial charge in [0.2, 0.25) is 10.0 Å². The zero-order valence-electron chi connectivity index (χ0n) is 9.46. The third-order valence-electron chi connectivity index (χ3n) is 3.00. The van der Waals surface area contributed by atoms with E-state index < -0.39 is 10.0 Å². The molecule has 3 nitrogen and oxygen atoms in total. The average molecular weight is 239 g/mol. The number of sulfonamides is 1. The van der Waals surface area contributed by atoms with Crippen LogP contribution in [0.3, 0.4) is 0 Å². The first kappa shape index (κ1) is 11.6. The van der Waals surface area contributed by atoms with Gasteiger partial charge < -0.3 is 0 Å². The van der Waals surface area contributed by atoms with Crippen molar-refractivity contribution < 1.29 is 8.42 Å². The zero-order valence-corrected chi connectivity index (χ0v) is 10.3. The summed E-state index contributed by atoms with van der Waals surface area (Å²) in [6.07, 6.45) is 2.09. The van der Waals surface area contributed by atoms with Crippen LogP contribution in [0.2, 0.25) is 0 Å². The SMILES string of the molecule is C[C@@H]1CCCN(S(=O)(=O)c2ccccc2)C1. The molecule has 0 unspecified atom stereocenters. The Morgan fingerprint density at radius 2 is 1.94 bits per heavy atom. The number of benzene rings is 1. The second-order valence-corrected chi connectivity index (χ2v) is 6.36. The molecule has 1 fully saturated rings. The van der Waals surface area contributed by atoms with Gasteiger partial charge in [0.05, 0.1) is 4.90 Å². The Morgan fingerprint density at radius 1 is 1.25 bits per heavy atom. The van der Waals surface area contributed by atoms with Crippen LogP contribution in [0.4, 0.5) is 0 Å². The van der Waals surface area contributed by atoms with Gasteiger partial charge in [0, 0.05) is 13.1 Å². The van der Waals surface area contributed by atoms with E-state index in [-0.39, 0.29) is 0 Å². The molecule has 1 aromatic rings. The van der Waals surface area contributed by atoms with Crippen LogP contribution in [-0.4, -0.2) is 25.8 Å². The second-order valence-electron chi connectivity index (χ2n) is 4.42. The number of piperidine rings is 1. The number of nitrogens with zero attached hydrogens (tertiary/aromatic N) is 1. The lowest BCUT2D eigenvalue weighted by Crippen LogP contribution is -2.38. The minimum atomic E-state index is -3.26. The van der Waals surface area contributed by atoms with Crippen molar-refractivity contribution >= 4 is 10.0 Å². The van der Waals surface area contributed by atoms with E-state index in [0.717, 1.165) is 12.8 Å². The topological polar surface area (TPSA) is 37.4 Å². The van der Waals surface area contributed by atoms with Crippen LogP contribution >= 0.6 is 0 Å². The monoisotopic (exact) mass is 239 g/mol. The Hall–Kier alpha value is -0.870. The molecule has 1 aliphatic heterocycles. The van der Waals surface area contributed by atoms with Crippen LogP contribution in [0.5, 0.6) is 0 Å². The molecular weight excluding hydrogens is 222 g/mol. The standard InChI is InChI=1S/C12H17NO2S/c1-11-6-5-9-13(10-11)16(14,15)12-7-3-2-4-8-12/h2-4,7-8,11H,5-6,9-10H2,1H3/t11-/m1/s1. The van der Waals surface area contributed by atoms with E-state index in [1.807, 2.05) is 6.07 Å². The molecule has 1 heterocycles. The fraction of sp³-hybridized carbons (Fsp3) is 0.500. The molecule has 0 aliphatic carbocycles. The molecule has 16 heavy (non-hydrogen) atoms. The van der Waals surface area contributed by atoms with Gasteiger partial charge in [-0.2, -0.15) is 4.31 Å². The molecule has 0 N–H and O–H groups in total. The van der Waals surface area contributed by atoms with E-state index in [1.54, 1.807) is 28.6 Å². The van der Waals surface area contributed by atoms with Crippen LogP contribution in [0.1, 0.15) is 19.8 Å². The minimum absolute atomic E-state index is 0.407. The maximum atomic E-state index is 12.3. The molecule has 0 saturated carbocycles. The van der Waals surface area contributed by atoms with E-state index in [0.29, 0.717) is 23.9 Å². The molecule has 0 bridgehead atoms. The molecule has 88 valence electrons. The van der Waals surface area contributed by atoms with E-state index in [2.05, 4.69) is 6.92 Å². The summed E-state index contributed by atoms with van der Waals surface area (Å²) in [4.78, 5) is 0.407. The normalized spacial score (nSPS) is 23.2. The fourth-order valence-corrected chi connectivity index (χ4v) is 3.73. The van der Waals surface area contributed by atoms with Gasteiger partial charge in [0.1, 0.15) is 0 Å². The number of rotatable bonds is 2. The van der Waals surface area contributed by atoms with Gasteiger partial charge in [-0.1, -0.05) is 25.1 Å². The Bertz CT molecular complexity index is 441. The minimum Gasteiger partial charge on any atom is -0.207 e. The van der Waals surface area contributed by atoms with Gasteiger partial charge in [-0.25, -0.2) is 8.42 Å². The summed E-state index contributed by atoms with van der Waals surface area (Å²) >= 11 is 0. The average Bonchev–Trinajstić information content (AvgIpc) is 2.30. The van der Waals surface area contributed by atoms with Crippen molar-refractivity contribution in [2.75, 3.05) is 13.1 Å². The van der Waals surface area contributed by atoms with Crippen molar-refractivity contribution in [3.05, 3.63) is 30.3 Å². The predicted molar refractivity (Wildman–Crippen MR) is 63.6 cm³/mol. The summed E-state index contributed by atoms with van der Waals surface area (Å²) < 4.78 is 26.1. The van der Waals surface area contributed by atoms with E-state index >= 15 is 0 Å². The van der Waals surface area contributed by atoms with Crippen LogP contribution in [-0.2, 0) is 10.0 Å². The van der Waals surface area contributed by atoms with E-state index in [4.69, 9.17) is 0 Å². The van der Waals surface area contributed by atoms with Crippen molar-refractivity contribution in [3.63, 3.8) is 0 Å². The molecule has 0 amide bonds. The molecule has 0 spiro atoms. The first-order valence-electron chi connectivity index (χ1n) is 5.66. The third kappa shape index (κ3) is 2.28. The molecule has 1 atom stereocenters. The summed E-state index contributed by atoms with van der Waals surface area (Å²) in [6.45, 7) is 3.41. The number of hydrogen-bond donors (Lipinski definition) is 0. The van der Waals surface area contributed by atoms with Crippen LogP contribution in [0.25, 0.3) is 0 Å². The highest BCUT2D eigenvalue weighted by atomic mass is 32.2.